The molecule has 2 aromatic carbocycles. The Morgan fingerprint density at radius 2 is 1.86 bits per heavy atom. The zero-order valence-corrected chi connectivity index (χ0v) is 13.6. The van der Waals surface area contributed by atoms with Crippen LogP contribution in [-0.4, -0.2) is 19.7 Å². The molecule has 0 aliphatic carbocycles. The predicted octanol–water partition coefficient (Wildman–Crippen LogP) is 2.97. The second-order valence-corrected chi connectivity index (χ2v) is 6.90. The molecule has 5 nitrogen and oxygen atoms in total. The molecule has 7 heteroatoms. The van der Waals surface area contributed by atoms with Crippen molar-refractivity contribution in [1.82, 2.24) is 4.83 Å². The van der Waals surface area contributed by atoms with Gasteiger partial charge < -0.3 is 5.11 Å². The standard InChI is InChI=1S/C15H15ClN2O3S/c1-10-3-5-14(7-11(10)2)22(20,21)18-17-9-12-8-13(16)4-6-15(12)19/h3-9,18-19H,1-2H3/b17-9-. The van der Waals surface area contributed by atoms with E-state index in [1.165, 1.54) is 30.5 Å². The van der Waals surface area contributed by atoms with Gasteiger partial charge in [0.2, 0.25) is 0 Å². The lowest BCUT2D eigenvalue weighted by atomic mass is 10.1. The van der Waals surface area contributed by atoms with Crippen molar-refractivity contribution in [2.45, 2.75) is 18.7 Å². The summed E-state index contributed by atoms with van der Waals surface area (Å²) < 4.78 is 24.2. The van der Waals surface area contributed by atoms with E-state index < -0.39 is 10.0 Å². The highest BCUT2D eigenvalue weighted by atomic mass is 35.5. The molecule has 0 aliphatic heterocycles. The van der Waals surface area contributed by atoms with E-state index in [2.05, 4.69) is 9.93 Å². The maximum absolute atomic E-state index is 12.1. The quantitative estimate of drug-likeness (QED) is 0.664. The second-order valence-electron chi connectivity index (χ2n) is 4.80. The number of nitrogens with one attached hydrogen (secondary N) is 1. The fourth-order valence-corrected chi connectivity index (χ4v) is 2.78. The second kappa shape index (κ2) is 6.37. The number of aryl methyl sites for hydroxylation is 2. The number of nitrogens with zero attached hydrogens (tertiary/aromatic N) is 1. The van der Waals surface area contributed by atoms with E-state index in [0.29, 0.717) is 10.6 Å². The van der Waals surface area contributed by atoms with Crippen LogP contribution in [-0.2, 0) is 10.0 Å². The molecule has 2 aromatic rings. The summed E-state index contributed by atoms with van der Waals surface area (Å²) in [5, 5.41) is 13.7. The van der Waals surface area contributed by atoms with Crippen LogP contribution in [0.15, 0.2) is 46.4 Å². The Morgan fingerprint density at radius 1 is 1.14 bits per heavy atom. The molecule has 2 rings (SSSR count). The van der Waals surface area contributed by atoms with Crippen LogP contribution < -0.4 is 4.83 Å². The summed E-state index contributed by atoms with van der Waals surface area (Å²) in [6.45, 7) is 3.74. The first-order valence-corrected chi connectivity index (χ1v) is 8.26. The van der Waals surface area contributed by atoms with E-state index in [0.717, 1.165) is 11.1 Å². The van der Waals surface area contributed by atoms with Crippen molar-refractivity contribution in [3.63, 3.8) is 0 Å². The van der Waals surface area contributed by atoms with Crippen LogP contribution in [0.5, 0.6) is 5.75 Å². The maximum atomic E-state index is 12.1. The Kier molecular flexibility index (Phi) is 4.73. The van der Waals surface area contributed by atoms with Gasteiger partial charge in [-0.15, -0.1) is 0 Å². The van der Waals surface area contributed by atoms with Crippen molar-refractivity contribution in [3.05, 3.63) is 58.1 Å². The minimum Gasteiger partial charge on any atom is -0.507 e. The van der Waals surface area contributed by atoms with Crippen LogP contribution >= 0.6 is 11.6 Å². The van der Waals surface area contributed by atoms with Crippen molar-refractivity contribution in [2.75, 3.05) is 0 Å². The lowest BCUT2D eigenvalue weighted by Crippen LogP contribution is -2.18. The molecule has 0 saturated carbocycles. The van der Waals surface area contributed by atoms with Crippen LogP contribution in [0.1, 0.15) is 16.7 Å². The predicted molar refractivity (Wildman–Crippen MR) is 86.9 cm³/mol. The van der Waals surface area contributed by atoms with Gasteiger partial charge in [-0.05, 0) is 55.3 Å². The molecule has 0 saturated heterocycles. The molecule has 22 heavy (non-hydrogen) atoms. The molecule has 0 heterocycles. The monoisotopic (exact) mass is 338 g/mol. The number of sulfonamides is 1. The number of phenolic OH excluding ortho intramolecular Hbond substituents is 1. The van der Waals surface area contributed by atoms with Gasteiger partial charge in [-0.25, -0.2) is 4.83 Å². The van der Waals surface area contributed by atoms with Gasteiger partial charge in [0.05, 0.1) is 11.1 Å². The van der Waals surface area contributed by atoms with Gasteiger partial charge in [-0.2, -0.15) is 13.5 Å². The SMILES string of the molecule is Cc1ccc(S(=O)(=O)N/N=C\c2cc(Cl)ccc2O)cc1C. The summed E-state index contributed by atoms with van der Waals surface area (Å²) in [7, 11) is -3.76. The minimum absolute atomic E-state index is 0.0430. The largest absolute Gasteiger partial charge is 0.507 e. The average molecular weight is 339 g/mol. The van der Waals surface area contributed by atoms with Gasteiger partial charge in [0.1, 0.15) is 5.75 Å². The fraction of sp³-hybridized carbons (Fsp3) is 0.133. The minimum atomic E-state index is -3.76. The Hall–Kier alpha value is -2.05. The number of hydrogen-bond acceptors (Lipinski definition) is 4. The van der Waals surface area contributed by atoms with Gasteiger partial charge >= 0.3 is 0 Å². The zero-order valence-electron chi connectivity index (χ0n) is 12.0. The van der Waals surface area contributed by atoms with Crippen LogP contribution in [0.4, 0.5) is 0 Å². The van der Waals surface area contributed by atoms with Crippen molar-refractivity contribution in [1.29, 1.82) is 0 Å². The topological polar surface area (TPSA) is 78.8 Å². The van der Waals surface area contributed by atoms with Crippen molar-refractivity contribution in [3.8, 4) is 5.75 Å². The Balaban J connectivity index is 2.20. The highest BCUT2D eigenvalue weighted by Crippen LogP contribution is 2.19. The van der Waals surface area contributed by atoms with Crippen LogP contribution in [0.3, 0.4) is 0 Å². The van der Waals surface area contributed by atoms with E-state index in [9.17, 15) is 13.5 Å². The molecule has 2 N–H and O–H groups in total. The molecule has 0 bridgehead atoms. The van der Waals surface area contributed by atoms with E-state index >= 15 is 0 Å². The first-order chi connectivity index (χ1) is 10.3. The lowest BCUT2D eigenvalue weighted by molar-refractivity contribution is 0.474. The van der Waals surface area contributed by atoms with Crippen molar-refractivity contribution >= 4 is 27.8 Å². The third-order valence-corrected chi connectivity index (χ3v) is 4.61. The van der Waals surface area contributed by atoms with Crippen molar-refractivity contribution in [2.24, 2.45) is 5.10 Å². The molecule has 0 aliphatic rings. The molecule has 0 fully saturated rings. The maximum Gasteiger partial charge on any atom is 0.276 e. The molecule has 0 radical (unpaired) electrons. The summed E-state index contributed by atoms with van der Waals surface area (Å²) in [6.07, 6.45) is 1.19. The van der Waals surface area contributed by atoms with Gasteiger partial charge in [-0.1, -0.05) is 17.7 Å². The normalized spacial score (nSPS) is 11.8. The van der Waals surface area contributed by atoms with Gasteiger partial charge in [0.15, 0.2) is 0 Å². The molecule has 0 spiro atoms. The highest BCUT2D eigenvalue weighted by Gasteiger charge is 2.13. The lowest BCUT2D eigenvalue weighted by Gasteiger charge is -2.06. The number of benzene rings is 2. The smallest absolute Gasteiger partial charge is 0.276 e. The molecule has 0 atom stereocenters. The summed E-state index contributed by atoms with van der Waals surface area (Å²) >= 11 is 5.80. The molecular weight excluding hydrogens is 324 g/mol. The van der Waals surface area contributed by atoms with E-state index in [1.54, 1.807) is 12.1 Å². The Labute approximate surface area is 134 Å². The van der Waals surface area contributed by atoms with Crippen LogP contribution in [0.2, 0.25) is 5.02 Å². The average Bonchev–Trinajstić information content (AvgIpc) is 2.45. The van der Waals surface area contributed by atoms with E-state index in [1.807, 2.05) is 13.8 Å². The Morgan fingerprint density at radius 3 is 2.55 bits per heavy atom. The number of halogens is 1. The molecule has 0 amide bonds. The summed E-state index contributed by atoms with van der Waals surface area (Å²) in [5.41, 5.74) is 2.20. The summed E-state index contributed by atoms with van der Waals surface area (Å²) in [4.78, 5) is 2.23. The van der Waals surface area contributed by atoms with E-state index in [4.69, 9.17) is 11.6 Å². The number of hydrogen-bond donors (Lipinski definition) is 2. The van der Waals surface area contributed by atoms with Gasteiger partial charge in [0, 0.05) is 10.6 Å². The highest BCUT2D eigenvalue weighted by molar-refractivity contribution is 7.89. The fourth-order valence-electron chi connectivity index (χ4n) is 1.73. The van der Waals surface area contributed by atoms with Crippen LogP contribution in [0, 0.1) is 13.8 Å². The van der Waals surface area contributed by atoms with E-state index in [-0.39, 0.29) is 10.6 Å². The number of phenols is 1. The third kappa shape index (κ3) is 3.78. The molecule has 116 valence electrons. The van der Waals surface area contributed by atoms with Crippen LogP contribution in [0.25, 0.3) is 0 Å². The number of hydrazone groups is 1. The summed E-state index contributed by atoms with van der Waals surface area (Å²) in [5.74, 6) is -0.0430. The first-order valence-electron chi connectivity index (χ1n) is 6.40. The molecule has 0 aromatic heterocycles. The Bertz CT molecular complexity index is 833. The third-order valence-electron chi connectivity index (χ3n) is 3.15. The molecular formula is C15H15ClN2O3S. The molecule has 0 unspecified atom stereocenters. The summed E-state index contributed by atoms with van der Waals surface area (Å²) in [6, 6.07) is 9.22. The van der Waals surface area contributed by atoms with Gasteiger partial charge in [-0.3, -0.25) is 0 Å². The van der Waals surface area contributed by atoms with Gasteiger partial charge in [0.25, 0.3) is 10.0 Å². The zero-order chi connectivity index (χ0) is 16.3. The number of rotatable bonds is 4. The first kappa shape index (κ1) is 16.3. The number of aromatic hydroxyl groups is 1. The van der Waals surface area contributed by atoms with Crippen molar-refractivity contribution < 1.29 is 13.5 Å².